The number of hydrogen-bond donors (Lipinski definition) is 2. The van der Waals surface area contributed by atoms with Gasteiger partial charge in [0.1, 0.15) is 16.6 Å². The predicted molar refractivity (Wildman–Crippen MR) is 83.1 cm³/mol. The Balaban J connectivity index is 1.88. The first kappa shape index (κ1) is 13.6. The lowest BCUT2D eigenvalue weighted by Crippen LogP contribution is -2.01. The Morgan fingerprint density at radius 2 is 2.24 bits per heavy atom. The van der Waals surface area contributed by atoms with Crippen LogP contribution in [-0.4, -0.2) is 14.5 Å². The van der Waals surface area contributed by atoms with Crippen LogP contribution in [0, 0.1) is 13.8 Å². The molecule has 3 N–H and O–H groups in total. The summed E-state index contributed by atoms with van der Waals surface area (Å²) in [5.74, 6) is 1.33. The number of nitrogens with one attached hydrogen (secondary N) is 1. The molecule has 3 heterocycles. The molecule has 0 unspecified atom stereocenters. The summed E-state index contributed by atoms with van der Waals surface area (Å²) < 4.78 is 9.39. The smallest absolute Gasteiger partial charge is 0.147 e. The van der Waals surface area contributed by atoms with Gasteiger partial charge in [0.25, 0.3) is 0 Å². The van der Waals surface area contributed by atoms with Crippen LogP contribution in [0.25, 0.3) is 11.1 Å². The zero-order valence-corrected chi connectivity index (χ0v) is 12.6. The molecule has 0 fully saturated rings. The van der Waals surface area contributed by atoms with E-state index in [0.717, 1.165) is 33.1 Å². The second kappa shape index (κ2) is 5.53. The molecule has 0 saturated heterocycles. The van der Waals surface area contributed by atoms with E-state index in [-0.39, 0.29) is 0 Å². The molecular weight excluding hydrogens is 286 g/mol. The first-order valence-corrected chi connectivity index (χ1v) is 7.25. The standard InChI is InChI=1S/C14H15N5OS/c1-8-11(9(2)20-18-8)7-17-14-12(13(15)19-21-14)10-4-3-5-16-6-10/h3-6,17H,7H2,1-2H3,(H2,15,19). The Bertz CT molecular complexity index is 731. The fraction of sp³-hybridized carbons (Fsp3) is 0.214. The number of nitrogens with zero attached hydrogens (tertiary/aromatic N) is 3. The van der Waals surface area contributed by atoms with Crippen molar-refractivity contribution in [3.8, 4) is 11.1 Å². The van der Waals surface area contributed by atoms with Gasteiger partial charge in [-0.1, -0.05) is 11.2 Å². The third-order valence-corrected chi connectivity index (χ3v) is 4.09. The highest BCUT2D eigenvalue weighted by Crippen LogP contribution is 2.36. The van der Waals surface area contributed by atoms with E-state index < -0.39 is 0 Å². The summed E-state index contributed by atoms with van der Waals surface area (Å²) in [5.41, 5.74) is 9.76. The number of aryl methyl sites for hydroxylation is 2. The minimum absolute atomic E-state index is 0.509. The van der Waals surface area contributed by atoms with E-state index >= 15 is 0 Å². The molecular formula is C14H15N5OS. The van der Waals surface area contributed by atoms with E-state index in [0.29, 0.717) is 12.4 Å². The average molecular weight is 301 g/mol. The molecule has 0 aliphatic heterocycles. The summed E-state index contributed by atoms with van der Waals surface area (Å²) in [6.07, 6.45) is 3.51. The molecule has 3 aromatic heterocycles. The van der Waals surface area contributed by atoms with Crippen LogP contribution in [0.5, 0.6) is 0 Å². The van der Waals surface area contributed by atoms with E-state index in [9.17, 15) is 0 Å². The van der Waals surface area contributed by atoms with Gasteiger partial charge in [-0.05, 0) is 31.4 Å². The highest BCUT2D eigenvalue weighted by Gasteiger charge is 2.15. The molecule has 7 heteroatoms. The fourth-order valence-electron chi connectivity index (χ4n) is 2.14. The van der Waals surface area contributed by atoms with E-state index in [1.54, 1.807) is 12.4 Å². The maximum Gasteiger partial charge on any atom is 0.147 e. The van der Waals surface area contributed by atoms with Gasteiger partial charge in [0.15, 0.2) is 0 Å². The number of nitrogens with two attached hydrogens (primary N) is 1. The zero-order valence-electron chi connectivity index (χ0n) is 11.8. The van der Waals surface area contributed by atoms with Gasteiger partial charge in [-0.3, -0.25) is 4.98 Å². The van der Waals surface area contributed by atoms with Gasteiger partial charge in [0.2, 0.25) is 0 Å². The first-order chi connectivity index (χ1) is 10.2. The van der Waals surface area contributed by atoms with Crippen molar-refractivity contribution in [1.82, 2.24) is 14.5 Å². The molecule has 0 bridgehead atoms. The van der Waals surface area contributed by atoms with Crippen LogP contribution in [0.15, 0.2) is 29.0 Å². The Hall–Kier alpha value is -2.41. The number of rotatable bonds is 4. The van der Waals surface area contributed by atoms with Crippen LogP contribution in [-0.2, 0) is 6.54 Å². The highest BCUT2D eigenvalue weighted by molar-refractivity contribution is 7.11. The van der Waals surface area contributed by atoms with Crippen LogP contribution < -0.4 is 11.1 Å². The molecule has 6 nitrogen and oxygen atoms in total. The van der Waals surface area contributed by atoms with Crippen molar-refractivity contribution in [3.63, 3.8) is 0 Å². The second-order valence-electron chi connectivity index (χ2n) is 4.67. The van der Waals surface area contributed by atoms with Crippen LogP contribution in [0.2, 0.25) is 0 Å². The van der Waals surface area contributed by atoms with Crippen LogP contribution >= 0.6 is 11.5 Å². The van der Waals surface area contributed by atoms with Crippen molar-refractivity contribution < 1.29 is 4.52 Å². The minimum Gasteiger partial charge on any atom is -0.382 e. The van der Waals surface area contributed by atoms with Crippen molar-refractivity contribution >= 4 is 22.4 Å². The molecule has 0 aliphatic carbocycles. The third kappa shape index (κ3) is 2.59. The lowest BCUT2D eigenvalue weighted by molar-refractivity contribution is 0.392. The first-order valence-electron chi connectivity index (χ1n) is 6.48. The zero-order chi connectivity index (χ0) is 14.8. The molecule has 0 radical (unpaired) electrons. The van der Waals surface area contributed by atoms with Crippen LogP contribution in [0.1, 0.15) is 17.0 Å². The average Bonchev–Trinajstić information content (AvgIpc) is 3.01. The number of pyridine rings is 1. The highest BCUT2D eigenvalue weighted by atomic mass is 32.1. The van der Waals surface area contributed by atoms with E-state index in [4.69, 9.17) is 10.3 Å². The fourth-order valence-corrected chi connectivity index (χ4v) is 2.87. The van der Waals surface area contributed by atoms with Crippen LogP contribution in [0.3, 0.4) is 0 Å². The Kier molecular flexibility index (Phi) is 3.57. The van der Waals surface area contributed by atoms with Crippen LogP contribution in [0.4, 0.5) is 10.8 Å². The topological polar surface area (TPSA) is 89.9 Å². The maximum absolute atomic E-state index is 5.98. The van der Waals surface area contributed by atoms with Gasteiger partial charge in [-0.25, -0.2) is 0 Å². The molecule has 0 amide bonds. The summed E-state index contributed by atoms with van der Waals surface area (Å²) in [4.78, 5) is 4.13. The summed E-state index contributed by atoms with van der Waals surface area (Å²) in [5, 5.41) is 8.23. The molecule has 3 aromatic rings. The Labute approximate surface area is 126 Å². The normalized spacial score (nSPS) is 10.8. The number of anilines is 2. The van der Waals surface area contributed by atoms with Crippen molar-refractivity contribution in [2.75, 3.05) is 11.1 Å². The van der Waals surface area contributed by atoms with Crippen molar-refractivity contribution in [3.05, 3.63) is 41.5 Å². The molecule has 0 aliphatic rings. The quantitative estimate of drug-likeness (QED) is 0.770. The van der Waals surface area contributed by atoms with Gasteiger partial charge in [-0.2, -0.15) is 4.37 Å². The molecule has 108 valence electrons. The van der Waals surface area contributed by atoms with Gasteiger partial charge in [0, 0.05) is 30.1 Å². The summed E-state index contributed by atoms with van der Waals surface area (Å²) in [7, 11) is 0. The lowest BCUT2D eigenvalue weighted by Gasteiger charge is -2.07. The van der Waals surface area contributed by atoms with Gasteiger partial charge < -0.3 is 15.6 Å². The molecule has 0 atom stereocenters. The third-order valence-electron chi connectivity index (χ3n) is 3.28. The summed E-state index contributed by atoms with van der Waals surface area (Å²) in [6, 6.07) is 3.85. The van der Waals surface area contributed by atoms with Crippen molar-refractivity contribution in [2.24, 2.45) is 0 Å². The van der Waals surface area contributed by atoms with Gasteiger partial charge in [-0.15, -0.1) is 0 Å². The molecule has 21 heavy (non-hydrogen) atoms. The summed E-state index contributed by atoms with van der Waals surface area (Å²) >= 11 is 1.34. The predicted octanol–water partition coefficient (Wildman–Crippen LogP) is 3.00. The van der Waals surface area contributed by atoms with Crippen molar-refractivity contribution in [1.29, 1.82) is 0 Å². The van der Waals surface area contributed by atoms with E-state index in [2.05, 4.69) is 19.8 Å². The number of hydrogen-bond acceptors (Lipinski definition) is 7. The number of aromatic nitrogens is 3. The largest absolute Gasteiger partial charge is 0.382 e. The lowest BCUT2D eigenvalue weighted by atomic mass is 10.1. The monoisotopic (exact) mass is 301 g/mol. The van der Waals surface area contributed by atoms with Gasteiger partial charge in [0.05, 0.1) is 11.3 Å². The Morgan fingerprint density at radius 3 is 2.90 bits per heavy atom. The van der Waals surface area contributed by atoms with E-state index in [1.165, 1.54) is 11.5 Å². The molecule has 0 aromatic carbocycles. The summed E-state index contributed by atoms with van der Waals surface area (Å²) in [6.45, 7) is 4.45. The molecule has 0 spiro atoms. The second-order valence-corrected chi connectivity index (χ2v) is 5.44. The maximum atomic E-state index is 5.98. The Morgan fingerprint density at radius 1 is 1.38 bits per heavy atom. The minimum atomic E-state index is 0.509. The number of nitrogen functional groups attached to an aromatic ring is 1. The molecule has 3 rings (SSSR count). The van der Waals surface area contributed by atoms with E-state index in [1.807, 2.05) is 26.0 Å². The van der Waals surface area contributed by atoms with Gasteiger partial charge >= 0.3 is 0 Å². The van der Waals surface area contributed by atoms with Crippen molar-refractivity contribution in [2.45, 2.75) is 20.4 Å². The molecule has 0 saturated carbocycles. The SMILES string of the molecule is Cc1noc(C)c1CNc1snc(N)c1-c1cccnc1.